The molecule has 2 aromatic rings. The zero-order valence-corrected chi connectivity index (χ0v) is 14.2. The van der Waals surface area contributed by atoms with Crippen molar-refractivity contribution in [3.8, 4) is 5.75 Å². The van der Waals surface area contributed by atoms with Crippen molar-refractivity contribution in [2.45, 2.75) is 33.2 Å². The van der Waals surface area contributed by atoms with Crippen molar-refractivity contribution < 1.29 is 9.53 Å². The minimum Gasteiger partial charge on any atom is -0.497 e. The molecule has 1 amide bonds. The number of benzene rings is 1. The van der Waals surface area contributed by atoms with Crippen molar-refractivity contribution in [2.24, 2.45) is 0 Å². The van der Waals surface area contributed by atoms with Gasteiger partial charge in [-0.25, -0.2) is 0 Å². The van der Waals surface area contributed by atoms with E-state index in [1.165, 1.54) is 11.5 Å². The highest BCUT2D eigenvalue weighted by Crippen LogP contribution is 2.26. The number of methoxy groups -OCH3 is 1. The topological polar surface area (TPSA) is 55.3 Å². The minimum absolute atomic E-state index is 0.00956. The quantitative estimate of drug-likeness (QED) is 0.819. The average Bonchev–Trinajstić information content (AvgIpc) is 3.03. The third-order valence-corrected chi connectivity index (χ3v) is 4.49. The molecule has 0 saturated heterocycles. The lowest BCUT2D eigenvalue weighted by Crippen LogP contribution is -2.33. The Morgan fingerprint density at radius 3 is 2.82 bits per heavy atom. The lowest BCUT2D eigenvalue weighted by molar-refractivity contribution is 0.0706. The van der Waals surface area contributed by atoms with Crippen LogP contribution >= 0.6 is 11.5 Å². The van der Waals surface area contributed by atoms with Gasteiger partial charge in [0, 0.05) is 6.54 Å². The molecule has 1 aromatic heterocycles. The molecule has 1 atom stereocenters. The van der Waals surface area contributed by atoms with Gasteiger partial charge in [0.15, 0.2) is 0 Å². The first-order valence-electron chi connectivity index (χ1n) is 7.38. The van der Waals surface area contributed by atoms with E-state index in [2.05, 4.69) is 9.59 Å². The highest BCUT2D eigenvalue weighted by Gasteiger charge is 2.25. The van der Waals surface area contributed by atoms with E-state index in [0.29, 0.717) is 17.8 Å². The summed E-state index contributed by atoms with van der Waals surface area (Å²) in [7, 11) is 1.64. The SMILES string of the molecule is CCc1nnsc1C(=O)N(CC)C(C)c1cccc(OC)c1. The van der Waals surface area contributed by atoms with Gasteiger partial charge in [-0.3, -0.25) is 4.79 Å². The monoisotopic (exact) mass is 319 g/mol. The highest BCUT2D eigenvalue weighted by molar-refractivity contribution is 7.08. The summed E-state index contributed by atoms with van der Waals surface area (Å²) in [6.45, 7) is 6.61. The van der Waals surface area contributed by atoms with Gasteiger partial charge in [0.1, 0.15) is 10.6 Å². The fourth-order valence-corrected chi connectivity index (χ4v) is 3.11. The third-order valence-electron chi connectivity index (χ3n) is 3.73. The molecule has 1 unspecified atom stereocenters. The number of rotatable bonds is 6. The van der Waals surface area contributed by atoms with Crippen LogP contribution in [0.4, 0.5) is 0 Å². The Hall–Kier alpha value is -1.95. The molecule has 0 N–H and O–H groups in total. The van der Waals surface area contributed by atoms with Crippen LogP contribution in [0.1, 0.15) is 47.7 Å². The Balaban J connectivity index is 2.28. The Labute approximate surface area is 135 Å². The molecule has 6 heteroatoms. The maximum atomic E-state index is 12.8. The molecule has 0 radical (unpaired) electrons. The molecule has 22 heavy (non-hydrogen) atoms. The van der Waals surface area contributed by atoms with Crippen molar-refractivity contribution in [1.82, 2.24) is 14.5 Å². The molecule has 0 fully saturated rings. The number of aromatic nitrogens is 2. The van der Waals surface area contributed by atoms with Crippen LogP contribution in [0.2, 0.25) is 0 Å². The normalized spacial score (nSPS) is 12.0. The van der Waals surface area contributed by atoms with E-state index in [0.717, 1.165) is 17.0 Å². The van der Waals surface area contributed by atoms with Gasteiger partial charge in [0.25, 0.3) is 5.91 Å². The number of amides is 1. The summed E-state index contributed by atoms with van der Waals surface area (Å²) >= 11 is 1.17. The fourth-order valence-electron chi connectivity index (χ4n) is 2.41. The van der Waals surface area contributed by atoms with Crippen LogP contribution in [0, 0.1) is 0 Å². The van der Waals surface area contributed by atoms with Crippen LogP contribution in [0.5, 0.6) is 5.75 Å². The second-order valence-corrected chi connectivity index (χ2v) is 5.70. The predicted molar refractivity (Wildman–Crippen MR) is 87.4 cm³/mol. The van der Waals surface area contributed by atoms with Gasteiger partial charge in [-0.15, -0.1) is 5.10 Å². The van der Waals surface area contributed by atoms with Gasteiger partial charge in [0.05, 0.1) is 18.8 Å². The zero-order chi connectivity index (χ0) is 16.1. The van der Waals surface area contributed by atoms with Crippen molar-refractivity contribution >= 4 is 17.4 Å². The van der Waals surface area contributed by atoms with Gasteiger partial charge in [-0.05, 0) is 49.5 Å². The summed E-state index contributed by atoms with van der Waals surface area (Å²) in [5, 5.41) is 4.03. The smallest absolute Gasteiger partial charge is 0.268 e. The minimum atomic E-state index is -0.0422. The molecule has 118 valence electrons. The Bertz CT molecular complexity index is 642. The summed E-state index contributed by atoms with van der Waals surface area (Å²) in [5.74, 6) is 0.784. The van der Waals surface area contributed by atoms with Gasteiger partial charge < -0.3 is 9.64 Å². The molecule has 0 bridgehead atoms. The third kappa shape index (κ3) is 3.27. The zero-order valence-electron chi connectivity index (χ0n) is 13.4. The second kappa shape index (κ2) is 7.35. The van der Waals surface area contributed by atoms with E-state index in [9.17, 15) is 4.79 Å². The number of hydrogen-bond donors (Lipinski definition) is 0. The molecular weight excluding hydrogens is 298 g/mol. The molecule has 0 saturated carbocycles. The maximum absolute atomic E-state index is 12.8. The van der Waals surface area contributed by atoms with Gasteiger partial charge in [-0.2, -0.15) is 0 Å². The van der Waals surface area contributed by atoms with Crippen LogP contribution < -0.4 is 4.74 Å². The van der Waals surface area contributed by atoms with Crippen molar-refractivity contribution in [2.75, 3.05) is 13.7 Å². The first-order chi connectivity index (χ1) is 10.6. The number of hydrogen-bond acceptors (Lipinski definition) is 5. The van der Waals surface area contributed by atoms with Crippen LogP contribution in [0.15, 0.2) is 24.3 Å². The van der Waals surface area contributed by atoms with E-state index >= 15 is 0 Å². The molecule has 1 heterocycles. The van der Waals surface area contributed by atoms with Crippen molar-refractivity contribution in [3.63, 3.8) is 0 Å². The lowest BCUT2D eigenvalue weighted by atomic mass is 10.1. The number of carbonyl (C=O) groups is 1. The van der Waals surface area contributed by atoms with Crippen molar-refractivity contribution in [3.05, 3.63) is 40.4 Å². The summed E-state index contributed by atoms with van der Waals surface area (Å²) < 4.78 is 9.18. The van der Waals surface area contributed by atoms with Crippen LogP contribution in [0.25, 0.3) is 0 Å². The van der Waals surface area contributed by atoms with Crippen molar-refractivity contribution in [1.29, 1.82) is 0 Å². The Morgan fingerprint density at radius 1 is 1.41 bits per heavy atom. The Morgan fingerprint density at radius 2 is 2.18 bits per heavy atom. The predicted octanol–water partition coefficient (Wildman–Crippen LogP) is 3.33. The van der Waals surface area contributed by atoms with E-state index in [1.54, 1.807) is 7.11 Å². The van der Waals surface area contributed by atoms with Crippen LogP contribution in [0.3, 0.4) is 0 Å². The molecule has 0 aliphatic rings. The maximum Gasteiger partial charge on any atom is 0.268 e. The second-order valence-electron chi connectivity index (χ2n) is 4.95. The van der Waals surface area contributed by atoms with Crippen LogP contribution in [-0.2, 0) is 6.42 Å². The molecule has 0 spiro atoms. The largest absolute Gasteiger partial charge is 0.497 e. The van der Waals surface area contributed by atoms with E-state index < -0.39 is 0 Å². The van der Waals surface area contributed by atoms with Gasteiger partial charge >= 0.3 is 0 Å². The summed E-state index contributed by atoms with van der Waals surface area (Å²) in [6, 6.07) is 7.77. The summed E-state index contributed by atoms with van der Waals surface area (Å²) in [5.41, 5.74) is 1.82. The van der Waals surface area contributed by atoms with E-state index in [-0.39, 0.29) is 11.9 Å². The average molecular weight is 319 g/mol. The molecule has 0 aliphatic heterocycles. The van der Waals surface area contributed by atoms with Gasteiger partial charge in [0.2, 0.25) is 0 Å². The van der Waals surface area contributed by atoms with Crippen LogP contribution in [-0.4, -0.2) is 34.0 Å². The first kappa shape index (κ1) is 16.4. The summed E-state index contributed by atoms with van der Waals surface area (Å²) in [4.78, 5) is 15.3. The standard InChI is InChI=1S/C16H21N3O2S/c1-5-14-15(22-18-17-14)16(20)19(6-2)11(3)12-8-7-9-13(10-12)21-4/h7-11H,5-6H2,1-4H3. The summed E-state index contributed by atoms with van der Waals surface area (Å²) in [6.07, 6.45) is 0.711. The van der Waals surface area contributed by atoms with Gasteiger partial charge in [-0.1, -0.05) is 23.5 Å². The lowest BCUT2D eigenvalue weighted by Gasteiger charge is -2.28. The number of aryl methyl sites for hydroxylation is 1. The van der Waals surface area contributed by atoms with E-state index in [1.807, 2.05) is 49.9 Å². The molecule has 1 aromatic carbocycles. The number of ether oxygens (including phenoxy) is 1. The fraction of sp³-hybridized carbons (Fsp3) is 0.438. The Kier molecular flexibility index (Phi) is 5.49. The molecule has 2 rings (SSSR count). The molecular formula is C16H21N3O2S. The first-order valence-corrected chi connectivity index (χ1v) is 8.15. The highest BCUT2D eigenvalue weighted by atomic mass is 32.1. The van der Waals surface area contributed by atoms with E-state index in [4.69, 9.17) is 4.74 Å². The molecule has 5 nitrogen and oxygen atoms in total. The molecule has 0 aliphatic carbocycles. The number of carbonyl (C=O) groups excluding carboxylic acids is 1. The number of nitrogens with zero attached hydrogens (tertiary/aromatic N) is 3.